The summed E-state index contributed by atoms with van der Waals surface area (Å²) in [6.07, 6.45) is 0. The third-order valence-corrected chi connectivity index (χ3v) is 12.2. The summed E-state index contributed by atoms with van der Waals surface area (Å²) in [7, 11) is 0. The molecule has 0 spiro atoms. The van der Waals surface area contributed by atoms with Crippen LogP contribution in [0.3, 0.4) is 0 Å². The second kappa shape index (κ2) is 12.9. The average Bonchev–Trinajstić information content (AvgIpc) is 3.80. The van der Waals surface area contributed by atoms with Crippen LogP contribution >= 0.6 is 11.3 Å². The van der Waals surface area contributed by atoms with Gasteiger partial charge in [-0.2, -0.15) is 0 Å². The molecule has 0 N–H and O–H groups in total. The molecule has 11 rings (SSSR count). The van der Waals surface area contributed by atoms with Gasteiger partial charge in [0.2, 0.25) is 0 Å². The van der Waals surface area contributed by atoms with E-state index in [4.69, 9.17) is 0 Å². The normalized spacial score (nSPS) is 11.6. The topological polar surface area (TPSA) is 8.17 Å². The summed E-state index contributed by atoms with van der Waals surface area (Å²) in [5, 5.41) is 7.59. The zero-order valence-corrected chi connectivity index (χ0v) is 30.7. The van der Waals surface area contributed by atoms with Crippen LogP contribution in [0.2, 0.25) is 0 Å². The number of para-hydroxylation sites is 5. The predicted molar refractivity (Wildman–Crippen MR) is 237 cm³/mol. The lowest BCUT2D eigenvalue weighted by Crippen LogP contribution is -2.14. The minimum atomic E-state index is 1.09. The second-order valence-corrected chi connectivity index (χ2v) is 15.2. The summed E-state index contributed by atoms with van der Waals surface area (Å²) >= 11 is 1.88. The van der Waals surface area contributed by atoms with Crippen LogP contribution in [0.4, 0.5) is 17.1 Å². The molecule has 0 unspecified atom stereocenters. The SMILES string of the molecule is c1ccc(N(c2ccc(-c3ccc4ccccc4c3)cc2)c2ccccc2-n2c3ccccc3c3ccccc32)c(-c2cccc3c2sc2ccccc23)c1. The van der Waals surface area contributed by atoms with Crippen molar-refractivity contribution in [3.63, 3.8) is 0 Å². The standard InChI is InChI=1S/C52H34N2S/c1-2-15-37-34-38(29-28-35(37)14-1)36-30-32-39(33-31-36)53(46-22-7-5-18-42(46)44-20-13-21-45-43-19-6-12-27-51(43)55-52(44)45)49-25-10-11-26-50(49)54-47-23-8-3-16-40(47)41-17-4-9-24-48(41)54/h1-34H. The lowest BCUT2D eigenvalue weighted by molar-refractivity contribution is 1.15. The van der Waals surface area contributed by atoms with Crippen LogP contribution in [0.1, 0.15) is 0 Å². The Kier molecular flexibility index (Phi) is 7.39. The molecule has 2 nitrogen and oxygen atoms in total. The molecule has 55 heavy (non-hydrogen) atoms. The molecule has 2 heterocycles. The molecule has 0 bridgehead atoms. The predicted octanol–water partition coefficient (Wildman–Crippen LogP) is 15.1. The quantitative estimate of drug-likeness (QED) is 0.166. The Bertz CT molecular complexity index is 3170. The number of benzene rings is 9. The zero-order chi connectivity index (χ0) is 36.3. The lowest BCUT2D eigenvalue weighted by atomic mass is 9.98. The summed E-state index contributed by atoms with van der Waals surface area (Å²) < 4.78 is 5.05. The molecule has 0 saturated heterocycles. The molecule has 11 aromatic rings. The van der Waals surface area contributed by atoms with Crippen LogP contribution in [0, 0.1) is 0 Å². The van der Waals surface area contributed by atoms with E-state index in [-0.39, 0.29) is 0 Å². The number of thiophene rings is 1. The average molecular weight is 719 g/mol. The van der Waals surface area contributed by atoms with Crippen LogP contribution in [0.25, 0.3) is 80.7 Å². The second-order valence-electron chi connectivity index (χ2n) is 14.1. The molecule has 0 atom stereocenters. The third-order valence-electron chi connectivity index (χ3n) is 11.0. The van der Waals surface area contributed by atoms with Gasteiger partial charge in [0, 0.05) is 47.8 Å². The Hall–Kier alpha value is -6.94. The van der Waals surface area contributed by atoms with Crippen LogP contribution in [-0.2, 0) is 0 Å². The summed E-state index contributed by atoms with van der Waals surface area (Å²) in [6, 6.07) is 75.2. The number of fused-ring (bicyclic) bond motifs is 7. The van der Waals surface area contributed by atoms with Gasteiger partial charge in [-0.15, -0.1) is 11.3 Å². The highest BCUT2D eigenvalue weighted by atomic mass is 32.1. The first-order valence-corrected chi connectivity index (χ1v) is 19.6. The van der Waals surface area contributed by atoms with Crippen LogP contribution < -0.4 is 4.90 Å². The van der Waals surface area contributed by atoms with Gasteiger partial charge in [-0.1, -0.05) is 152 Å². The Morgan fingerprint density at radius 3 is 1.76 bits per heavy atom. The first-order valence-electron chi connectivity index (χ1n) is 18.8. The molecule has 3 heteroatoms. The summed E-state index contributed by atoms with van der Waals surface area (Å²) in [4.78, 5) is 2.46. The van der Waals surface area contributed by atoms with E-state index in [1.165, 1.54) is 75.0 Å². The van der Waals surface area contributed by atoms with Gasteiger partial charge >= 0.3 is 0 Å². The number of aromatic nitrogens is 1. The van der Waals surface area contributed by atoms with Crippen molar-refractivity contribution in [3.8, 4) is 27.9 Å². The highest BCUT2D eigenvalue weighted by Gasteiger charge is 2.23. The van der Waals surface area contributed by atoms with Crippen molar-refractivity contribution >= 4 is 81.1 Å². The lowest BCUT2D eigenvalue weighted by Gasteiger charge is -2.30. The van der Waals surface area contributed by atoms with Gasteiger partial charge in [0.05, 0.1) is 28.1 Å². The minimum absolute atomic E-state index is 1.09. The van der Waals surface area contributed by atoms with Crippen molar-refractivity contribution in [2.45, 2.75) is 0 Å². The van der Waals surface area contributed by atoms with Gasteiger partial charge in [0.25, 0.3) is 0 Å². The van der Waals surface area contributed by atoms with Crippen LogP contribution in [0.5, 0.6) is 0 Å². The van der Waals surface area contributed by atoms with Gasteiger partial charge in [-0.25, -0.2) is 0 Å². The van der Waals surface area contributed by atoms with Gasteiger partial charge in [-0.3, -0.25) is 0 Å². The van der Waals surface area contributed by atoms with E-state index in [1.807, 2.05) is 11.3 Å². The van der Waals surface area contributed by atoms with Crippen LogP contribution in [-0.4, -0.2) is 4.57 Å². The summed E-state index contributed by atoms with van der Waals surface area (Å²) in [6.45, 7) is 0. The number of hydrogen-bond donors (Lipinski definition) is 0. The zero-order valence-electron chi connectivity index (χ0n) is 29.9. The molecule has 9 aromatic carbocycles. The smallest absolute Gasteiger partial charge is 0.0702 e. The Morgan fingerprint density at radius 2 is 0.964 bits per heavy atom. The molecule has 0 aliphatic carbocycles. The van der Waals surface area contributed by atoms with Crippen molar-refractivity contribution < 1.29 is 0 Å². The largest absolute Gasteiger partial charge is 0.308 e. The molecule has 0 saturated carbocycles. The van der Waals surface area contributed by atoms with E-state index in [2.05, 4.69) is 216 Å². The van der Waals surface area contributed by atoms with Crippen LogP contribution in [0.15, 0.2) is 206 Å². The summed E-state index contributed by atoms with van der Waals surface area (Å²) in [5.74, 6) is 0. The fraction of sp³-hybridized carbons (Fsp3) is 0. The first-order chi connectivity index (χ1) is 27.3. The van der Waals surface area contributed by atoms with E-state index in [1.54, 1.807) is 0 Å². The number of anilines is 3. The molecular formula is C52H34N2S. The Labute approximate surface area is 323 Å². The highest BCUT2D eigenvalue weighted by Crippen LogP contribution is 2.48. The van der Waals surface area contributed by atoms with Crippen molar-refractivity contribution in [2.75, 3.05) is 4.90 Å². The molecular weight excluding hydrogens is 685 g/mol. The van der Waals surface area contributed by atoms with Gasteiger partial charge < -0.3 is 9.47 Å². The third kappa shape index (κ3) is 5.16. The van der Waals surface area contributed by atoms with E-state index >= 15 is 0 Å². The summed E-state index contributed by atoms with van der Waals surface area (Å²) in [5.41, 5.74) is 11.6. The van der Waals surface area contributed by atoms with Gasteiger partial charge in [-0.05, 0) is 76.5 Å². The van der Waals surface area contributed by atoms with Crippen molar-refractivity contribution in [1.82, 2.24) is 4.57 Å². The Balaban J connectivity index is 1.16. The van der Waals surface area contributed by atoms with Crippen molar-refractivity contribution in [1.29, 1.82) is 0 Å². The van der Waals surface area contributed by atoms with Gasteiger partial charge in [0.1, 0.15) is 0 Å². The molecule has 0 radical (unpaired) electrons. The molecule has 2 aromatic heterocycles. The number of hydrogen-bond acceptors (Lipinski definition) is 2. The van der Waals surface area contributed by atoms with Gasteiger partial charge in [0.15, 0.2) is 0 Å². The molecule has 0 amide bonds. The molecule has 0 aliphatic rings. The fourth-order valence-corrected chi connectivity index (χ4v) is 9.69. The molecule has 258 valence electrons. The van der Waals surface area contributed by atoms with Crippen molar-refractivity contribution in [3.05, 3.63) is 206 Å². The number of rotatable bonds is 6. The maximum atomic E-state index is 2.46. The monoisotopic (exact) mass is 718 g/mol. The first kappa shape index (κ1) is 31.6. The number of nitrogens with zero attached hydrogens (tertiary/aromatic N) is 2. The van der Waals surface area contributed by atoms with E-state index in [9.17, 15) is 0 Å². The highest BCUT2D eigenvalue weighted by molar-refractivity contribution is 7.26. The van der Waals surface area contributed by atoms with E-state index in [0.29, 0.717) is 0 Å². The fourth-order valence-electron chi connectivity index (χ4n) is 8.46. The molecule has 0 aliphatic heterocycles. The minimum Gasteiger partial charge on any atom is -0.308 e. The molecule has 0 fully saturated rings. The maximum Gasteiger partial charge on any atom is 0.0702 e. The van der Waals surface area contributed by atoms with E-state index in [0.717, 1.165) is 22.7 Å². The maximum absolute atomic E-state index is 2.46. The van der Waals surface area contributed by atoms with Crippen molar-refractivity contribution in [2.24, 2.45) is 0 Å². The van der Waals surface area contributed by atoms with E-state index < -0.39 is 0 Å². The Morgan fingerprint density at radius 1 is 0.382 bits per heavy atom.